The molecule has 3 aromatic rings. The third kappa shape index (κ3) is 3.16. The van der Waals surface area contributed by atoms with Gasteiger partial charge in [-0.3, -0.25) is 4.40 Å². The molecule has 1 N–H and O–H groups in total. The summed E-state index contributed by atoms with van der Waals surface area (Å²) in [6.45, 7) is 1.47. The number of carbonyl (C=O) groups is 1. The van der Waals surface area contributed by atoms with Crippen LogP contribution in [0.1, 0.15) is 25.0 Å². The Balaban J connectivity index is 1.65. The lowest BCUT2D eigenvalue weighted by Crippen LogP contribution is -2.42. The maximum Gasteiger partial charge on any atom is 0.405 e. The van der Waals surface area contributed by atoms with Gasteiger partial charge < -0.3 is 14.8 Å². The van der Waals surface area contributed by atoms with E-state index in [9.17, 15) is 18.0 Å². The Hall–Kier alpha value is -2.78. The number of aryl methyl sites for hydroxylation is 1. The summed E-state index contributed by atoms with van der Waals surface area (Å²) in [5, 5.41) is 1.97. The molecule has 0 spiro atoms. The van der Waals surface area contributed by atoms with Crippen LogP contribution < -0.4 is 5.32 Å². The average molecular weight is 394 g/mol. The minimum Gasteiger partial charge on any atom is -0.334 e. The fraction of sp³-hybridized carbons (Fsp3) is 0.500. The molecule has 0 aromatic carbocycles. The van der Waals surface area contributed by atoms with Gasteiger partial charge in [-0.25, -0.2) is 14.8 Å². The van der Waals surface area contributed by atoms with Crippen molar-refractivity contribution in [3.63, 3.8) is 0 Å². The summed E-state index contributed by atoms with van der Waals surface area (Å²) < 4.78 is 41.2. The summed E-state index contributed by atoms with van der Waals surface area (Å²) in [6, 6.07) is 1.28. The predicted octanol–water partition coefficient (Wildman–Crippen LogP) is 2.92. The Morgan fingerprint density at radius 3 is 2.79 bits per heavy atom. The molecule has 3 aromatic heterocycles. The standard InChI is InChI=1S/C18H21F3N6O/c1-3-11-8-26(17(28)24-10-18(19,20)21)9-12(11)14-6-22-15-7-23-16-13(27(14)15)4-5-25(16)2/h4-7,11-12H,3,8-10H2,1-2H3,(H,24,28). The van der Waals surface area contributed by atoms with E-state index in [-0.39, 0.29) is 11.8 Å². The quantitative estimate of drug-likeness (QED) is 0.743. The third-order valence-corrected chi connectivity index (χ3v) is 5.45. The normalized spacial score (nSPS) is 20.4. The van der Waals surface area contributed by atoms with E-state index in [0.717, 1.165) is 23.3 Å². The lowest BCUT2D eigenvalue weighted by molar-refractivity contribution is -0.123. The number of nitrogens with one attached hydrogen (secondary N) is 1. The molecule has 28 heavy (non-hydrogen) atoms. The van der Waals surface area contributed by atoms with Crippen molar-refractivity contribution in [1.82, 2.24) is 29.2 Å². The third-order valence-electron chi connectivity index (χ3n) is 5.45. The molecule has 0 aliphatic carbocycles. The molecule has 1 aliphatic heterocycles. The lowest BCUT2D eigenvalue weighted by Gasteiger charge is -2.18. The molecule has 2 atom stereocenters. The van der Waals surface area contributed by atoms with Gasteiger partial charge in [0.15, 0.2) is 11.3 Å². The van der Waals surface area contributed by atoms with Crippen molar-refractivity contribution in [2.45, 2.75) is 25.4 Å². The van der Waals surface area contributed by atoms with Crippen molar-refractivity contribution in [2.24, 2.45) is 13.0 Å². The Morgan fingerprint density at radius 1 is 1.29 bits per heavy atom. The molecule has 0 bridgehead atoms. The summed E-state index contributed by atoms with van der Waals surface area (Å²) in [7, 11) is 1.91. The summed E-state index contributed by atoms with van der Waals surface area (Å²) in [4.78, 5) is 22.6. The van der Waals surface area contributed by atoms with Crippen molar-refractivity contribution < 1.29 is 18.0 Å². The molecule has 7 nitrogen and oxygen atoms in total. The van der Waals surface area contributed by atoms with Gasteiger partial charge in [-0.05, 0) is 12.0 Å². The Kier molecular flexibility index (Phi) is 4.43. The van der Waals surface area contributed by atoms with Gasteiger partial charge in [0.05, 0.1) is 11.7 Å². The van der Waals surface area contributed by atoms with Crippen LogP contribution >= 0.6 is 0 Å². The summed E-state index contributed by atoms with van der Waals surface area (Å²) in [6.07, 6.45) is 1.80. The summed E-state index contributed by atoms with van der Waals surface area (Å²) in [5.41, 5.74) is 3.40. The maximum atomic E-state index is 12.4. The van der Waals surface area contributed by atoms with Crippen LogP contribution in [0, 0.1) is 5.92 Å². The van der Waals surface area contributed by atoms with E-state index in [1.54, 1.807) is 12.4 Å². The van der Waals surface area contributed by atoms with E-state index >= 15 is 0 Å². The van der Waals surface area contributed by atoms with Gasteiger partial charge >= 0.3 is 12.2 Å². The van der Waals surface area contributed by atoms with Crippen LogP contribution in [0.5, 0.6) is 0 Å². The SMILES string of the molecule is CCC1CN(C(=O)NCC(F)(F)F)CC1c1cnc2cnc3c(ccn3C)n12. The van der Waals surface area contributed by atoms with Crippen molar-refractivity contribution in [3.05, 3.63) is 30.4 Å². The number of aromatic nitrogens is 4. The predicted molar refractivity (Wildman–Crippen MR) is 97.0 cm³/mol. The Labute approximate surface area is 159 Å². The fourth-order valence-electron chi connectivity index (χ4n) is 4.03. The number of fused-ring (bicyclic) bond motifs is 3. The number of likely N-dealkylation sites (tertiary alicyclic amines) is 1. The Morgan fingerprint density at radius 2 is 2.07 bits per heavy atom. The van der Waals surface area contributed by atoms with Crippen LogP contribution in [0.2, 0.25) is 0 Å². The molecule has 2 unspecified atom stereocenters. The highest BCUT2D eigenvalue weighted by Crippen LogP contribution is 2.36. The zero-order valence-corrected chi connectivity index (χ0v) is 15.6. The second-order valence-electron chi connectivity index (χ2n) is 7.22. The smallest absolute Gasteiger partial charge is 0.334 e. The summed E-state index contributed by atoms with van der Waals surface area (Å²) in [5.74, 6) is 0.130. The molecule has 1 aliphatic rings. The topological polar surface area (TPSA) is 67.5 Å². The van der Waals surface area contributed by atoms with Gasteiger partial charge in [0, 0.05) is 44.1 Å². The second kappa shape index (κ2) is 6.68. The zero-order chi connectivity index (χ0) is 20.1. The molecule has 0 saturated carbocycles. The fourth-order valence-corrected chi connectivity index (χ4v) is 4.03. The monoisotopic (exact) mass is 394 g/mol. The highest BCUT2D eigenvalue weighted by Gasteiger charge is 2.38. The van der Waals surface area contributed by atoms with Crippen LogP contribution in [0.15, 0.2) is 24.7 Å². The van der Waals surface area contributed by atoms with Gasteiger partial charge in [-0.15, -0.1) is 0 Å². The van der Waals surface area contributed by atoms with E-state index in [2.05, 4.69) is 9.97 Å². The van der Waals surface area contributed by atoms with E-state index in [0.29, 0.717) is 18.7 Å². The molecule has 1 saturated heterocycles. The molecule has 0 radical (unpaired) electrons. The highest BCUT2D eigenvalue weighted by atomic mass is 19.4. The van der Waals surface area contributed by atoms with Crippen LogP contribution in [-0.4, -0.2) is 55.7 Å². The van der Waals surface area contributed by atoms with E-state index in [1.807, 2.05) is 40.5 Å². The van der Waals surface area contributed by atoms with Gasteiger partial charge in [0.25, 0.3) is 0 Å². The molecular weight excluding hydrogens is 373 g/mol. The van der Waals surface area contributed by atoms with Crippen LogP contribution in [-0.2, 0) is 7.05 Å². The number of hydrogen-bond acceptors (Lipinski definition) is 3. The number of urea groups is 1. The number of hydrogen-bond donors (Lipinski definition) is 1. The molecule has 10 heteroatoms. The highest BCUT2D eigenvalue weighted by molar-refractivity contribution is 5.76. The largest absolute Gasteiger partial charge is 0.405 e. The molecular formula is C18H21F3N6O. The number of carbonyl (C=O) groups excluding carboxylic acids is 1. The molecule has 150 valence electrons. The van der Waals surface area contributed by atoms with Crippen molar-refractivity contribution in [3.8, 4) is 0 Å². The van der Waals surface area contributed by atoms with E-state index in [1.165, 1.54) is 4.90 Å². The minimum absolute atomic E-state index is 0.0116. The number of amides is 2. The number of rotatable bonds is 3. The van der Waals surface area contributed by atoms with Gasteiger partial charge in [0.2, 0.25) is 0 Å². The number of halogens is 3. The zero-order valence-electron chi connectivity index (χ0n) is 15.6. The van der Waals surface area contributed by atoms with Crippen molar-refractivity contribution >= 4 is 22.8 Å². The minimum atomic E-state index is -4.42. The van der Waals surface area contributed by atoms with Crippen LogP contribution in [0.25, 0.3) is 16.8 Å². The van der Waals surface area contributed by atoms with E-state index in [4.69, 9.17) is 0 Å². The Bertz CT molecular complexity index is 1020. The average Bonchev–Trinajstić information content (AvgIpc) is 3.34. The molecule has 4 heterocycles. The van der Waals surface area contributed by atoms with Crippen molar-refractivity contribution in [1.29, 1.82) is 0 Å². The lowest BCUT2D eigenvalue weighted by atomic mass is 9.91. The first-order valence-corrected chi connectivity index (χ1v) is 9.15. The first kappa shape index (κ1) is 18.6. The number of nitrogens with zero attached hydrogens (tertiary/aromatic N) is 5. The van der Waals surface area contributed by atoms with E-state index < -0.39 is 18.8 Å². The van der Waals surface area contributed by atoms with Gasteiger partial charge in [-0.2, -0.15) is 13.2 Å². The van der Waals surface area contributed by atoms with Gasteiger partial charge in [0.1, 0.15) is 6.54 Å². The first-order valence-electron chi connectivity index (χ1n) is 9.15. The van der Waals surface area contributed by atoms with Gasteiger partial charge in [-0.1, -0.05) is 13.3 Å². The maximum absolute atomic E-state index is 12.4. The number of imidazole rings is 1. The molecule has 2 amide bonds. The van der Waals surface area contributed by atoms with Crippen LogP contribution in [0.3, 0.4) is 0 Å². The second-order valence-corrected chi connectivity index (χ2v) is 7.22. The number of alkyl halides is 3. The van der Waals surface area contributed by atoms with Crippen molar-refractivity contribution in [2.75, 3.05) is 19.6 Å². The summed E-state index contributed by atoms with van der Waals surface area (Å²) >= 11 is 0. The van der Waals surface area contributed by atoms with Crippen LogP contribution in [0.4, 0.5) is 18.0 Å². The molecule has 1 fully saturated rings. The first-order chi connectivity index (χ1) is 13.3. The molecule has 4 rings (SSSR count).